The zero-order chi connectivity index (χ0) is 46.1. The fraction of sp³-hybridized carbons (Fsp3) is 0.644. The molecule has 2 aliphatic carbocycles. The van der Waals surface area contributed by atoms with Crippen LogP contribution in [-0.2, 0) is 29.1 Å². The molecule has 2 aromatic heterocycles. The van der Waals surface area contributed by atoms with E-state index in [0.29, 0.717) is 31.7 Å². The van der Waals surface area contributed by atoms with Gasteiger partial charge in [0.15, 0.2) is 0 Å². The van der Waals surface area contributed by atoms with E-state index in [0.717, 1.165) is 54.0 Å². The van der Waals surface area contributed by atoms with Crippen LogP contribution in [0.4, 0.5) is 4.79 Å². The summed E-state index contributed by atoms with van der Waals surface area (Å²) in [6.07, 6.45) is 14.1. The van der Waals surface area contributed by atoms with Crippen molar-refractivity contribution >= 4 is 56.2 Å². The molecule has 2 saturated heterocycles. The number of hydrogen-bond acceptors (Lipinski definition) is 11. The number of nitrogens with zero attached hydrogens (tertiary/aromatic N) is 4. The molecule has 4 amide bonds. The van der Waals surface area contributed by atoms with Gasteiger partial charge in [0.1, 0.15) is 23.2 Å². The van der Waals surface area contributed by atoms with Crippen LogP contribution in [0.1, 0.15) is 130 Å². The number of para-hydroxylation sites is 1. The van der Waals surface area contributed by atoms with Crippen molar-refractivity contribution in [1.82, 2.24) is 34.4 Å². The SMILES string of the molecule is CC(C)(C)OC(=O)NCC(=O)N1CCCC1C(N)=O.CC(C)n1c(=O)[nH]c2c(-c3nc(C4CCN(C)CC4)cs3)cccc21.CCCCC/C=C\C1CC1C(=O)NS(=O)(=O)C1CC1. The number of primary amides is 1. The second-order valence-electron chi connectivity index (χ2n) is 18.4. The molecular weight excluding hydrogens is 845 g/mol. The highest BCUT2D eigenvalue weighted by molar-refractivity contribution is 7.90. The average molecular weight is 913 g/mol. The number of rotatable bonds is 14. The Morgan fingerprint density at radius 2 is 1.78 bits per heavy atom. The van der Waals surface area contributed by atoms with Crippen molar-refractivity contribution in [2.75, 3.05) is 33.2 Å². The Morgan fingerprint density at radius 1 is 1.06 bits per heavy atom. The molecule has 0 spiro atoms. The van der Waals surface area contributed by atoms with Crippen LogP contribution in [0.15, 0.2) is 40.5 Å². The molecule has 18 heteroatoms. The largest absolute Gasteiger partial charge is 0.444 e. The van der Waals surface area contributed by atoms with Crippen molar-refractivity contribution in [1.29, 1.82) is 0 Å². The molecule has 4 heterocycles. The maximum Gasteiger partial charge on any atom is 0.408 e. The van der Waals surface area contributed by atoms with E-state index in [4.69, 9.17) is 15.5 Å². The fourth-order valence-electron chi connectivity index (χ4n) is 7.86. The molecule has 7 rings (SSSR count). The second kappa shape index (κ2) is 21.9. The van der Waals surface area contributed by atoms with Gasteiger partial charge in [-0.05, 0) is 131 Å². The fourth-order valence-corrected chi connectivity index (χ4v) is 10.1. The number of sulfonamides is 1. The number of allylic oxidation sites excluding steroid dienone is 2. The normalized spacial score (nSPS) is 20.5. The number of nitrogens with one attached hydrogen (secondary N) is 3. The molecule has 2 aliphatic heterocycles. The van der Waals surface area contributed by atoms with Crippen LogP contribution >= 0.6 is 11.3 Å². The molecule has 1 aromatic carbocycles. The van der Waals surface area contributed by atoms with Crippen molar-refractivity contribution in [3.63, 3.8) is 0 Å². The van der Waals surface area contributed by atoms with E-state index in [9.17, 15) is 32.4 Å². The first-order valence-electron chi connectivity index (χ1n) is 22.4. The number of piperidine rings is 1. The van der Waals surface area contributed by atoms with Crippen molar-refractivity contribution in [2.24, 2.45) is 17.6 Å². The first kappa shape index (κ1) is 49.5. The maximum atomic E-state index is 12.3. The highest BCUT2D eigenvalue weighted by Crippen LogP contribution is 2.41. The zero-order valence-electron chi connectivity index (χ0n) is 38.0. The number of thiazole rings is 1. The predicted molar refractivity (Wildman–Crippen MR) is 247 cm³/mol. The van der Waals surface area contributed by atoms with Gasteiger partial charge in [-0.2, -0.15) is 0 Å². The Hall–Kier alpha value is -4.55. The molecule has 3 aromatic rings. The number of amides is 4. The van der Waals surface area contributed by atoms with Gasteiger partial charge in [0, 0.05) is 35.4 Å². The molecule has 16 nitrogen and oxygen atoms in total. The van der Waals surface area contributed by atoms with Crippen LogP contribution in [0.5, 0.6) is 0 Å². The van der Waals surface area contributed by atoms with Gasteiger partial charge in [-0.15, -0.1) is 11.3 Å². The number of alkyl carbamates (subject to hydrolysis) is 1. The number of unbranched alkanes of at least 4 members (excludes halogenated alkanes) is 3. The van der Waals surface area contributed by atoms with Gasteiger partial charge in [-0.1, -0.05) is 38.0 Å². The van der Waals surface area contributed by atoms with Crippen LogP contribution in [0, 0.1) is 11.8 Å². The Balaban J connectivity index is 0.000000181. The number of nitrogens with two attached hydrogens (primary N) is 1. The summed E-state index contributed by atoms with van der Waals surface area (Å²) < 4.78 is 32.3. The lowest BCUT2D eigenvalue weighted by molar-refractivity contribution is -0.136. The highest BCUT2D eigenvalue weighted by Gasteiger charge is 2.45. The highest BCUT2D eigenvalue weighted by atomic mass is 32.2. The average Bonchev–Trinajstić information content (AvgIpc) is 4.07. The van der Waals surface area contributed by atoms with E-state index in [1.54, 1.807) is 32.1 Å². The second-order valence-corrected chi connectivity index (χ2v) is 21.2. The predicted octanol–water partition coefficient (Wildman–Crippen LogP) is 6.20. The van der Waals surface area contributed by atoms with Gasteiger partial charge >= 0.3 is 11.8 Å². The molecule has 63 heavy (non-hydrogen) atoms. The number of likely N-dealkylation sites (tertiary alicyclic amines) is 2. The van der Waals surface area contributed by atoms with Gasteiger partial charge in [-0.25, -0.2) is 23.0 Å². The summed E-state index contributed by atoms with van der Waals surface area (Å²) in [4.78, 5) is 70.3. The lowest BCUT2D eigenvalue weighted by Gasteiger charge is -2.27. The first-order valence-corrected chi connectivity index (χ1v) is 24.9. The van der Waals surface area contributed by atoms with Crippen LogP contribution in [-0.4, -0.2) is 107 Å². The molecule has 3 atom stereocenters. The lowest BCUT2D eigenvalue weighted by Crippen LogP contribution is -2.48. The van der Waals surface area contributed by atoms with E-state index in [2.05, 4.69) is 57.5 Å². The number of ether oxygens (including phenoxy) is 1. The van der Waals surface area contributed by atoms with Gasteiger partial charge in [-0.3, -0.25) is 23.7 Å². The molecule has 2 saturated carbocycles. The van der Waals surface area contributed by atoms with Gasteiger partial charge in [0.25, 0.3) is 0 Å². The number of H-pyrrole nitrogens is 1. The minimum atomic E-state index is -3.37. The van der Waals surface area contributed by atoms with Crippen LogP contribution in [0.25, 0.3) is 21.6 Å². The van der Waals surface area contributed by atoms with Crippen molar-refractivity contribution in [3.05, 3.63) is 51.9 Å². The van der Waals surface area contributed by atoms with Crippen molar-refractivity contribution in [2.45, 2.75) is 141 Å². The number of imidazole rings is 1. The Morgan fingerprint density at radius 3 is 2.41 bits per heavy atom. The molecule has 4 aliphatic rings. The van der Waals surface area contributed by atoms with Gasteiger partial charge in [0.2, 0.25) is 27.7 Å². The topological polar surface area (TPSA) is 219 Å². The molecule has 4 fully saturated rings. The third-order valence-electron chi connectivity index (χ3n) is 11.6. The summed E-state index contributed by atoms with van der Waals surface area (Å²) in [6.45, 7) is 14.0. The minimum absolute atomic E-state index is 0.0513. The number of carbonyl (C=O) groups excluding carboxylic acids is 4. The van der Waals surface area contributed by atoms with Crippen molar-refractivity contribution in [3.8, 4) is 10.6 Å². The quantitative estimate of drug-likeness (QED) is 0.106. The van der Waals surface area contributed by atoms with E-state index in [-0.39, 0.29) is 47.2 Å². The number of fused-ring (bicyclic) bond motifs is 1. The van der Waals surface area contributed by atoms with Crippen LogP contribution < -0.4 is 21.5 Å². The first-order chi connectivity index (χ1) is 29.8. The van der Waals surface area contributed by atoms with Crippen LogP contribution in [0.2, 0.25) is 0 Å². The summed E-state index contributed by atoms with van der Waals surface area (Å²) in [5.41, 5.74) is 8.63. The third kappa shape index (κ3) is 14.2. The summed E-state index contributed by atoms with van der Waals surface area (Å²) in [5, 5.41) is 5.24. The van der Waals surface area contributed by atoms with Gasteiger partial charge < -0.3 is 30.6 Å². The van der Waals surface area contributed by atoms with E-state index in [1.165, 1.54) is 42.7 Å². The van der Waals surface area contributed by atoms with Crippen molar-refractivity contribution < 1.29 is 32.3 Å². The smallest absolute Gasteiger partial charge is 0.408 e. The number of carbonyl (C=O) groups is 4. The van der Waals surface area contributed by atoms with E-state index < -0.39 is 33.7 Å². The molecule has 348 valence electrons. The summed E-state index contributed by atoms with van der Waals surface area (Å²) in [6, 6.07) is 5.64. The summed E-state index contributed by atoms with van der Waals surface area (Å²) in [5.74, 6) is -0.475. The number of hydrogen-bond donors (Lipinski definition) is 4. The summed E-state index contributed by atoms with van der Waals surface area (Å²) >= 11 is 1.68. The van der Waals surface area contributed by atoms with Crippen LogP contribution in [0.3, 0.4) is 0 Å². The van der Waals surface area contributed by atoms with E-state index in [1.807, 2.05) is 30.5 Å². The number of aromatic amines is 1. The third-order valence-corrected chi connectivity index (χ3v) is 14.3. The minimum Gasteiger partial charge on any atom is -0.444 e. The monoisotopic (exact) mass is 912 g/mol. The van der Waals surface area contributed by atoms with E-state index >= 15 is 0 Å². The Bertz CT molecular complexity index is 2250. The number of aromatic nitrogens is 3. The lowest BCUT2D eigenvalue weighted by atomic mass is 9.94. The van der Waals surface area contributed by atoms with Gasteiger partial charge in [0.05, 0.1) is 22.0 Å². The number of benzene rings is 1. The standard InChI is InChI=1S/C19H24N4OS.C14H23NO3S.C12H21N3O4/c1-12(2)23-16-6-4-5-14(17(16)21-19(23)24)18-20-15(11-25-18)13-7-9-22(3)10-8-13;1-2-3-4-5-6-7-11-10-13(11)14(16)15-19(17,18)12-8-9-12;1-12(2,3)19-11(18)14-7-9(16)15-6-4-5-8(15)10(13)17/h4-6,11-13H,7-10H2,1-3H3,(H,21,24);6-7,11-13H,2-5,8-10H2,1H3,(H,15,16);8H,4-7H2,1-3H3,(H2,13,17)(H,14,18)/b;7-6-;. The molecule has 3 unspecified atom stereocenters. The molecule has 0 radical (unpaired) electrons. The maximum absolute atomic E-state index is 12.3. The zero-order valence-corrected chi connectivity index (χ0v) is 39.6. The molecule has 0 bridgehead atoms. The Labute approximate surface area is 375 Å². The molecule has 5 N–H and O–H groups in total. The summed E-state index contributed by atoms with van der Waals surface area (Å²) in [7, 11) is -1.19. The Kier molecular flexibility index (Phi) is 17.2. The molecular formula is C45H68N8O8S2.